The molecule has 3 rings (SSSR count). The molecule has 1 aliphatic carbocycles. The molecule has 0 saturated heterocycles. The fourth-order valence-corrected chi connectivity index (χ4v) is 5.60. The smallest absolute Gasteiger partial charge is 0.207 e. The van der Waals surface area contributed by atoms with Crippen molar-refractivity contribution in [2.45, 2.75) is 30.2 Å². The molecule has 0 saturated carbocycles. The molecule has 23 heavy (non-hydrogen) atoms. The molecule has 6 heteroatoms. The van der Waals surface area contributed by atoms with E-state index >= 15 is 0 Å². The Morgan fingerprint density at radius 2 is 1.70 bits per heavy atom. The fraction of sp³-hybridized carbons (Fsp3) is 0.294. The Hall–Kier alpha value is -1.07. The van der Waals surface area contributed by atoms with Crippen LogP contribution < -0.4 is 0 Å². The van der Waals surface area contributed by atoms with Gasteiger partial charge in [-0.2, -0.15) is 4.31 Å². The van der Waals surface area contributed by atoms with Crippen LogP contribution in [0.2, 0.25) is 10.0 Å². The largest absolute Gasteiger partial charge is 0.246 e. The monoisotopic (exact) mass is 369 g/mol. The zero-order valence-electron chi connectivity index (χ0n) is 12.7. The highest BCUT2D eigenvalue weighted by Gasteiger charge is 2.34. The van der Waals surface area contributed by atoms with Gasteiger partial charge >= 0.3 is 0 Å². The van der Waals surface area contributed by atoms with Crippen LogP contribution in [0.1, 0.15) is 30.0 Å². The van der Waals surface area contributed by atoms with Crippen LogP contribution in [0.4, 0.5) is 0 Å². The number of nitrogens with zero attached hydrogens (tertiary/aromatic N) is 1. The molecule has 0 aromatic heterocycles. The Kier molecular flexibility index (Phi) is 4.70. The summed E-state index contributed by atoms with van der Waals surface area (Å²) in [5.74, 6) is 0. The first-order chi connectivity index (χ1) is 10.9. The summed E-state index contributed by atoms with van der Waals surface area (Å²) in [6.45, 7) is 0. The number of hydrogen-bond acceptors (Lipinski definition) is 2. The van der Waals surface area contributed by atoms with Crippen molar-refractivity contribution in [1.29, 1.82) is 0 Å². The van der Waals surface area contributed by atoms with Crippen LogP contribution in [0.3, 0.4) is 0 Å². The van der Waals surface area contributed by atoms with E-state index in [1.54, 1.807) is 25.2 Å². The third kappa shape index (κ3) is 3.01. The zero-order chi connectivity index (χ0) is 16.6. The van der Waals surface area contributed by atoms with Crippen LogP contribution in [-0.2, 0) is 16.4 Å². The molecule has 0 fully saturated rings. The Bertz CT molecular complexity index is 816. The molecule has 0 unspecified atom stereocenters. The Morgan fingerprint density at radius 1 is 1.04 bits per heavy atom. The highest BCUT2D eigenvalue weighted by molar-refractivity contribution is 7.89. The van der Waals surface area contributed by atoms with Gasteiger partial charge in [0.1, 0.15) is 4.90 Å². The molecule has 3 nitrogen and oxygen atoms in total. The summed E-state index contributed by atoms with van der Waals surface area (Å²) in [4.78, 5) is -0.0195. The Morgan fingerprint density at radius 3 is 2.39 bits per heavy atom. The molecular weight excluding hydrogens is 353 g/mol. The van der Waals surface area contributed by atoms with Crippen LogP contribution in [0, 0.1) is 0 Å². The van der Waals surface area contributed by atoms with Gasteiger partial charge in [0.15, 0.2) is 0 Å². The summed E-state index contributed by atoms with van der Waals surface area (Å²) in [5.41, 5.74) is 2.27. The van der Waals surface area contributed by atoms with Crippen LogP contribution in [0.5, 0.6) is 0 Å². The van der Waals surface area contributed by atoms with Gasteiger partial charge in [-0.3, -0.25) is 0 Å². The number of hydrogen-bond donors (Lipinski definition) is 0. The molecule has 1 atom stereocenters. The van der Waals surface area contributed by atoms with Crippen molar-refractivity contribution in [2.24, 2.45) is 0 Å². The standard InChI is InChI=1S/C17H17Cl2NO2S/c1-20(16-11-4-7-12-6-2-3-8-13(12)16)23(21,22)17-14(18)9-5-10-15(17)19/h2-3,5-6,8-10,16H,4,7,11H2,1H3/t16-/m1/s1. The van der Waals surface area contributed by atoms with Gasteiger partial charge in [-0.05, 0) is 42.5 Å². The highest BCUT2D eigenvalue weighted by atomic mass is 35.5. The lowest BCUT2D eigenvalue weighted by Gasteiger charge is -2.32. The molecule has 1 aliphatic rings. The van der Waals surface area contributed by atoms with E-state index < -0.39 is 10.0 Å². The van der Waals surface area contributed by atoms with Gasteiger partial charge in [-0.15, -0.1) is 0 Å². The van der Waals surface area contributed by atoms with Crippen molar-refractivity contribution in [1.82, 2.24) is 4.31 Å². The maximum Gasteiger partial charge on any atom is 0.246 e. The minimum absolute atomic E-state index is 0.0195. The molecule has 0 radical (unpaired) electrons. The SMILES string of the molecule is CN([C@@H]1CCCc2ccccc21)S(=O)(=O)c1c(Cl)cccc1Cl. The average Bonchev–Trinajstić information content (AvgIpc) is 2.53. The van der Waals surface area contributed by atoms with Crippen LogP contribution in [-0.4, -0.2) is 19.8 Å². The van der Waals surface area contributed by atoms with E-state index in [1.807, 2.05) is 18.2 Å². The third-order valence-corrected chi connectivity index (χ3v) is 7.16. The maximum absolute atomic E-state index is 13.0. The summed E-state index contributed by atoms with van der Waals surface area (Å²) >= 11 is 12.2. The van der Waals surface area contributed by atoms with E-state index in [0.29, 0.717) is 0 Å². The maximum atomic E-state index is 13.0. The first kappa shape index (κ1) is 16.8. The summed E-state index contributed by atoms with van der Waals surface area (Å²) in [7, 11) is -2.17. The van der Waals surface area contributed by atoms with Gasteiger partial charge in [-0.25, -0.2) is 8.42 Å². The molecule has 0 spiro atoms. The van der Waals surface area contributed by atoms with Crippen LogP contribution in [0.25, 0.3) is 0 Å². The van der Waals surface area contributed by atoms with Gasteiger partial charge < -0.3 is 0 Å². The van der Waals surface area contributed by atoms with Crippen molar-refractivity contribution in [3.63, 3.8) is 0 Å². The molecule has 0 amide bonds. The summed E-state index contributed by atoms with van der Waals surface area (Å²) < 4.78 is 27.5. The van der Waals surface area contributed by atoms with Crippen molar-refractivity contribution < 1.29 is 8.42 Å². The fourth-order valence-electron chi connectivity index (χ4n) is 3.15. The van der Waals surface area contributed by atoms with Crippen molar-refractivity contribution in [2.75, 3.05) is 7.05 Å². The van der Waals surface area contributed by atoms with Gasteiger partial charge in [0.25, 0.3) is 0 Å². The summed E-state index contributed by atoms with van der Waals surface area (Å²) in [5, 5.41) is 0.293. The number of rotatable bonds is 3. The van der Waals surface area contributed by atoms with E-state index in [0.717, 1.165) is 24.8 Å². The molecule has 0 aliphatic heterocycles. The van der Waals surface area contributed by atoms with Gasteiger partial charge in [-0.1, -0.05) is 53.5 Å². The Balaban J connectivity index is 2.05. The zero-order valence-corrected chi connectivity index (χ0v) is 15.0. The average molecular weight is 370 g/mol. The van der Waals surface area contributed by atoms with Crippen LogP contribution in [0.15, 0.2) is 47.4 Å². The van der Waals surface area contributed by atoms with Gasteiger partial charge in [0.2, 0.25) is 10.0 Å². The number of aryl methyl sites for hydroxylation is 1. The van der Waals surface area contributed by atoms with E-state index in [9.17, 15) is 8.42 Å². The number of benzene rings is 2. The molecule has 0 heterocycles. The van der Waals surface area contributed by atoms with E-state index in [1.165, 1.54) is 9.87 Å². The molecule has 2 aromatic carbocycles. The second-order valence-corrected chi connectivity index (χ2v) is 8.43. The predicted octanol–water partition coefficient (Wildman–Crippen LogP) is 4.69. The molecule has 0 bridgehead atoms. The molecule has 0 N–H and O–H groups in total. The normalized spacial score (nSPS) is 18.0. The summed E-state index contributed by atoms with van der Waals surface area (Å²) in [6.07, 6.45) is 2.72. The Labute approximate surface area is 146 Å². The minimum Gasteiger partial charge on any atom is -0.207 e. The lowest BCUT2D eigenvalue weighted by atomic mass is 9.88. The number of sulfonamides is 1. The lowest BCUT2D eigenvalue weighted by Crippen LogP contribution is -2.33. The summed E-state index contributed by atoms with van der Waals surface area (Å²) in [6, 6.07) is 12.5. The first-order valence-electron chi connectivity index (χ1n) is 7.43. The minimum atomic E-state index is -3.77. The van der Waals surface area contributed by atoms with E-state index in [-0.39, 0.29) is 21.0 Å². The van der Waals surface area contributed by atoms with Crippen molar-refractivity contribution >= 4 is 33.2 Å². The molecule has 122 valence electrons. The number of halogens is 2. The lowest BCUT2D eigenvalue weighted by molar-refractivity contribution is 0.337. The van der Waals surface area contributed by atoms with Crippen molar-refractivity contribution in [3.8, 4) is 0 Å². The predicted molar refractivity (Wildman–Crippen MR) is 93.5 cm³/mol. The van der Waals surface area contributed by atoms with Crippen LogP contribution >= 0.6 is 23.2 Å². The quantitative estimate of drug-likeness (QED) is 0.786. The molecular formula is C17H17Cl2NO2S. The number of fused-ring (bicyclic) bond motifs is 1. The van der Waals surface area contributed by atoms with Gasteiger partial charge in [0.05, 0.1) is 10.0 Å². The van der Waals surface area contributed by atoms with Gasteiger partial charge in [0, 0.05) is 13.1 Å². The second-order valence-electron chi connectivity index (χ2n) is 5.68. The van der Waals surface area contributed by atoms with E-state index in [4.69, 9.17) is 23.2 Å². The first-order valence-corrected chi connectivity index (χ1v) is 9.62. The van der Waals surface area contributed by atoms with E-state index in [2.05, 4.69) is 6.07 Å². The topological polar surface area (TPSA) is 37.4 Å². The third-order valence-electron chi connectivity index (χ3n) is 4.33. The molecule has 2 aromatic rings. The van der Waals surface area contributed by atoms with Crippen molar-refractivity contribution in [3.05, 3.63) is 63.6 Å². The highest BCUT2D eigenvalue weighted by Crippen LogP contribution is 2.39. The second kappa shape index (κ2) is 6.44.